The predicted molar refractivity (Wildman–Crippen MR) is 85.5 cm³/mol. The molecule has 1 aliphatic heterocycles. The van der Waals surface area contributed by atoms with Crippen LogP contribution in [-0.2, 0) is 6.54 Å². The zero-order valence-corrected chi connectivity index (χ0v) is 12.7. The maximum absolute atomic E-state index is 4.48. The van der Waals surface area contributed by atoms with Gasteiger partial charge in [-0.25, -0.2) is 4.68 Å². The summed E-state index contributed by atoms with van der Waals surface area (Å²) in [6, 6.07) is 10.3. The van der Waals surface area contributed by atoms with Gasteiger partial charge in [0.1, 0.15) is 0 Å². The Morgan fingerprint density at radius 3 is 2.95 bits per heavy atom. The van der Waals surface area contributed by atoms with E-state index in [1.54, 1.807) is 0 Å². The quantitative estimate of drug-likeness (QED) is 0.914. The van der Waals surface area contributed by atoms with Crippen molar-refractivity contribution in [1.29, 1.82) is 0 Å². The van der Waals surface area contributed by atoms with Crippen molar-refractivity contribution in [2.75, 3.05) is 26.7 Å². The van der Waals surface area contributed by atoms with Crippen LogP contribution < -0.4 is 5.32 Å². The summed E-state index contributed by atoms with van der Waals surface area (Å²) in [7, 11) is 2.04. The molecule has 4 heteroatoms. The lowest BCUT2D eigenvalue weighted by Gasteiger charge is -2.32. The average molecular weight is 284 g/mol. The lowest BCUT2D eigenvalue weighted by atomic mass is 9.98. The lowest BCUT2D eigenvalue weighted by Crippen LogP contribution is -2.38. The molecule has 1 unspecified atom stereocenters. The largest absolute Gasteiger partial charge is 0.319 e. The van der Waals surface area contributed by atoms with Crippen LogP contribution >= 0.6 is 0 Å². The van der Waals surface area contributed by atoms with Crippen LogP contribution in [0, 0.1) is 5.92 Å². The van der Waals surface area contributed by atoms with Crippen LogP contribution in [0.15, 0.2) is 42.7 Å². The van der Waals surface area contributed by atoms with Gasteiger partial charge < -0.3 is 5.32 Å². The van der Waals surface area contributed by atoms with E-state index in [2.05, 4.69) is 33.6 Å². The minimum atomic E-state index is 0.785. The fraction of sp³-hybridized carbons (Fsp3) is 0.471. The molecule has 0 saturated carbocycles. The fourth-order valence-electron chi connectivity index (χ4n) is 3.17. The predicted octanol–water partition coefficient (Wildman–Crippen LogP) is 2.30. The van der Waals surface area contributed by atoms with Gasteiger partial charge in [-0.1, -0.05) is 18.2 Å². The van der Waals surface area contributed by atoms with Crippen LogP contribution in [0.3, 0.4) is 0 Å². The third-order valence-corrected chi connectivity index (χ3v) is 4.16. The Morgan fingerprint density at radius 2 is 2.14 bits per heavy atom. The molecule has 1 aliphatic rings. The summed E-state index contributed by atoms with van der Waals surface area (Å²) in [6.07, 6.45) is 6.80. The van der Waals surface area contributed by atoms with Crippen LogP contribution in [0.25, 0.3) is 5.69 Å². The lowest BCUT2D eigenvalue weighted by molar-refractivity contribution is 0.167. The Balaban J connectivity index is 1.62. The number of rotatable bonds is 5. The highest BCUT2D eigenvalue weighted by atomic mass is 15.3. The first-order chi connectivity index (χ1) is 10.3. The minimum Gasteiger partial charge on any atom is -0.319 e. The Kier molecular flexibility index (Phi) is 4.68. The van der Waals surface area contributed by atoms with Crippen LogP contribution in [0.5, 0.6) is 0 Å². The number of aromatic nitrogens is 2. The number of hydrogen-bond acceptors (Lipinski definition) is 3. The first kappa shape index (κ1) is 14.3. The van der Waals surface area contributed by atoms with Gasteiger partial charge in [-0.3, -0.25) is 4.90 Å². The molecule has 112 valence electrons. The number of nitrogens with one attached hydrogen (secondary N) is 1. The van der Waals surface area contributed by atoms with Crippen molar-refractivity contribution in [3.63, 3.8) is 0 Å². The molecule has 0 aliphatic carbocycles. The summed E-state index contributed by atoms with van der Waals surface area (Å²) in [5.74, 6) is 0.785. The SMILES string of the molecule is CNCC1CCCN(Cc2cnn(-c3ccccc3)c2)C1. The third kappa shape index (κ3) is 3.71. The normalized spacial score (nSPS) is 19.8. The molecule has 21 heavy (non-hydrogen) atoms. The number of hydrogen-bond donors (Lipinski definition) is 1. The van der Waals surface area contributed by atoms with E-state index in [4.69, 9.17) is 0 Å². The first-order valence-electron chi connectivity index (χ1n) is 7.81. The molecule has 1 N–H and O–H groups in total. The zero-order valence-electron chi connectivity index (χ0n) is 12.7. The minimum absolute atomic E-state index is 0.785. The molecule has 0 radical (unpaired) electrons. The number of likely N-dealkylation sites (tertiary alicyclic amines) is 1. The Bertz CT molecular complexity index is 547. The third-order valence-electron chi connectivity index (χ3n) is 4.16. The molecule has 1 fully saturated rings. The fourth-order valence-corrected chi connectivity index (χ4v) is 3.17. The van der Waals surface area contributed by atoms with Crippen molar-refractivity contribution in [3.8, 4) is 5.69 Å². The van der Waals surface area contributed by atoms with Gasteiger partial charge >= 0.3 is 0 Å². The summed E-state index contributed by atoms with van der Waals surface area (Å²) >= 11 is 0. The number of nitrogens with zero attached hydrogens (tertiary/aromatic N) is 3. The molecular formula is C17H24N4. The van der Waals surface area contributed by atoms with Crippen LogP contribution in [-0.4, -0.2) is 41.4 Å². The summed E-state index contributed by atoms with van der Waals surface area (Å²) in [4.78, 5) is 2.55. The van der Waals surface area contributed by atoms with Gasteiger partial charge in [0.2, 0.25) is 0 Å². The van der Waals surface area contributed by atoms with Crippen LogP contribution in [0.4, 0.5) is 0 Å². The van der Waals surface area contributed by atoms with Crippen molar-refractivity contribution >= 4 is 0 Å². The molecule has 3 rings (SSSR count). The molecular weight excluding hydrogens is 260 g/mol. The van der Waals surface area contributed by atoms with Gasteiger partial charge in [-0.2, -0.15) is 5.10 Å². The van der Waals surface area contributed by atoms with Crippen molar-refractivity contribution in [3.05, 3.63) is 48.3 Å². The summed E-state index contributed by atoms with van der Waals surface area (Å²) < 4.78 is 1.96. The molecule has 1 aromatic carbocycles. The average Bonchev–Trinajstić information content (AvgIpc) is 2.97. The molecule has 2 heterocycles. The number of benzene rings is 1. The summed E-state index contributed by atoms with van der Waals surface area (Å²) in [5, 5.41) is 7.79. The molecule has 0 amide bonds. The van der Waals surface area contributed by atoms with Gasteiger partial charge in [-0.15, -0.1) is 0 Å². The molecule has 2 aromatic rings. The van der Waals surface area contributed by atoms with E-state index in [1.165, 1.54) is 31.5 Å². The van der Waals surface area contributed by atoms with Gasteiger partial charge in [-0.05, 0) is 51.0 Å². The van der Waals surface area contributed by atoms with E-state index in [1.807, 2.05) is 36.1 Å². The Morgan fingerprint density at radius 1 is 1.29 bits per heavy atom. The van der Waals surface area contributed by atoms with E-state index in [9.17, 15) is 0 Å². The van der Waals surface area contributed by atoms with E-state index < -0.39 is 0 Å². The van der Waals surface area contributed by atoms with Crippen molar-refractivity contribution in [2.24, 2.45) is 5.92 Å². The monoisotopic (exact) mass is 284 g/mol. The zero-order chi connectivity index (χ0) is 14.5. The van der Waals surface area contributed by atoms with E-state index in [0.717, 1.165) is 24.7 Å². The van der Waals surface area contributed by atoms with Gasteiger partial charge in [0.25, 0.3) is 0 Å². The van der Waals surface area contributed by atoms with Crippen LogP contribution in [0.2, 0.25) is 0 Å². The highest BCUT2D eigenvalue weighted by Crippen LogP contribution is 2.18. The second-order valence-corrected chi connectivity index (χ2v) is 5.93. The van der Waals surface area contributed by atoms with Crippen molar-refractivity contribution < 1.29 is 0 Å². The van der Waals surface area contributed by atoms with Crippen molar-refractivity contribution in [2.45, 2.75) is 19.4 Å². The van der Waals surface area contributed by atoms with Crippen molar-refractivity contribution in [1.82, 2.24) is 20.0 Å². The maximum Gasteiger partial charge on any atom is 0.0645 e. The first-order valence-corrected chi connectivity index (χ1v) is 7.81. The topological polar surface area (TPSA) is 33.1 Å². The van der Waals surface area contributed by atoms with Gasteiger partial charge in [0, 0.05) is 24.8 Å². The smallest absolute Gasteiger partial charge is 0.0645 e. The van der Waals surface area contributed by atoms with E-state index in [-0.39, 0.29) is 0 Å². The summed E-state index contributed by atoms with van der Waals surface area (Å²) in [5.41, 5.74) is 2.42. The highest BCUT2D eigenvalue weighted by molar-refractivity contribution is 5.30. The number of para-hydroxylation sites is 1. The molecule has 1 saturated heterocycles. The highest BCUT2D eigenvalue weighted by Gasteiger charge is 2.19. The Labute approximate surface area is 126 Å². The molecule has 1 atom stereocenters. The van der Waals surface area contributed by atoms with E-state index in [0.29, 0.717) is 0 Å². The number of piperidine rings is 1. The molecule has 0 spiro atoms. The standard InChI is InChI=1S/C17H24N4/c1-18-10-15-6-5-9-20(12-15)13-16-11-19-21(14-16)17-7-3-2-4-8-17/h2-4,7-8,11,14-15,18H,5-6,9-10,12-13H2,1H3. The van der Waals surface area contributed by atoms with Gasteiger partial charge in [0.05, 0.1) is 11.9 Å². The molecule has 0 bridgehead atoms. The molecule has 4 nitrogen and oxygen atoms in total. The Hall–Kier alpha value is -1.65. The van der Waals surface area contributed by atoms with E-state index >= 15 is 0 Å². The second-order valence-electron chi connectivity index (χ2n) is 5.93. The summed E-state index contributed by atoms with van der Waals surface area (Å²) in [6.45, 7) is 4.53. The second kappa shape index (κ2) is 6.87. The van der Waals surface area contributed by atoms with Gasteiger partial charge in [0.15, 0.2) is 0 Å². The van der Waals surface area contributed by atoms with Crippen LogP contribution in [0.1, 0.15) is 18.4 Å². The molecule has 1 aromatic heterocycles. The maximum atomic E-state index is 4.48.